The summed E-state index contributed by atoms with van der Waals surface area (Å²) in [5, 5.41) is 0. The van der Waals surface area contributed by atoms with Crippen LogP contribution in [0.3, 0.4) is 0 Å². The Morgan fingerprint density at radius 3 is 3.00 bits per heavy atom. The molecule has 0 aromatic heterocycles. The molecular formula is C13H20O. The summed E-state index contributed by atoms with van der Waals surface area (Å²) < 4.78 is 0. The van der Waals surface area contributed by atoms with Gasteiger partial charge in [-0.05, 0) is 31.3 Å². The molecule has 0 radical (unpaired) electrons. The topological polar surface area (TPSA) is 17.1 Å². The lowest BCUT2D eigenvalue weighted by molar-refractivity contribution is -0.115. The maximum atomic E-state index is 11.7. The molecule has 0 spiro atoms. The van der Waals surface area contributed by atoms with Crippen molar-refractivity contribution in [2.24, 2.45) is 5.92 Å². The van der Waals surface area contributed by atoms with E-state index in [0.29, 0.717) is 11.7 Å². The standard InChI is InChI=1S/C13H20O/c1-3-4-8-11(2)12-9-6-5-7-10-13(12)14/h4,8-9,11H,3,5-7,10H2,1-2H3/b8-4-/t11-/m0/s1. The van der Waals surface area contributed by atoms with Crippen LogP contribution in [-0.2, 0) is 4.79 Å². The Labute approximate surface area is 86.9 Å². The second kappa shape index (κ2) is 5.79. The molecule has 0 amide bonds. The molecule has 1 heteroatoms. The van der Waals surface area contributed by atoms with Crippen molar-refractivity contribution in [2.45, 2.75) is 46.0 Å². The van der Waals surface area contributed by atoms with Crippen LogP contribution in [-0.4, -0.2) is 5.78 Å². The zero-order valence-electron chi connectivity index (χ0n) is 9.25. The molecule has 0 aromatic carbocycles. The largest absolute Gasteiger partial charge is 0.295 e. The summed E-state index contributed by atoms with van der Waals surface area (Å²) in [6.45, 7) is 4.23. The molecule has 0 unspecified atom stereocenters. The Hall–Kier alpha value is -0.850. The number of carbonyl (C=O) groups excluding carboxylic acids is 1. The van der Waals surface area contributed by atoms with Crippen LogP contribution in [0.25, 0.3) is 0 Å². The van der Waals surface area contributed by atoms with E-state index >= 15 is 0 Å². The Balaban J connectivity index is 2.67. The Bertz CT molecular complexity index is 248. The monoisotopic (exact) mass is 192 g/mol. The third-order valence-corrected chi connectivity index (χ3v) is 2.70. The third kappa shape index (κ3) is 3.13. The van der Waals surface area contributed by atoms with Crippen molar-refractivity contribution in [2.75, 3.05) is 0 Å². The van der Waals surface area contributed by atoms with Gasteiger partial charge in [-0.1, -0.05) is 32.1 Å². The van der Waals surface area contributed by atoms with E-state index in [0.717, 1.165) is 31.3 Å². The molecule has 0 saturated carbocycles. The van der Waals surface area contributed by atoms with E-state index in [4.69, 9.17) is 0 Å². The summed E-state index contributed by atoms with van der Waals surface area (Å²) in [4.78, 5) is 11.7. The van der Waals surface area contributed by atoms with Crippen molar-refractivity contribution in [3.8, 4) is 0 Å². The van der Waals surface area contributed by atoms with E-state index in [1.54, 1.807) is 0 Å². The van der Waals surface area contributed by atoms with Crippen molar-refractivity contribution in [3.05, 3.63) is 23.8 Å². The van der Waals surface area contributed by atoms with Crippen LogP contribution in [0.1, 0.15) is 46.0 Å². The lowest BCUT2D eigenvalue weighted by Gasteiger charge is -2.09. The average Bonchev–Trinajstić information content (AvgIpc) is 2.39. The molecule has 0 bridgehead atoms. The van der Waals surface area contributed by atoms with Gasteiger partial charge in [0, 0.05) is 12.3 Å². The molecule has 78 valence electrons. The Morgan fingerprint density at radius 2 is 2.29 bits per heavy atom. The average molecular weight is 192 g/mol. The molecule has 14 heavy (non-hydrogen) atoms. The number of ketones is 1. The third-order valence-electron chi connectivity index (χ3n) is 2.70. The highest BCUT2D eigenvalue weighted by atomic mass is 16.1. The predicted octanol–water partition coefficient (Wildman–Crippen LogP) is 3.66. The van der Waals surface area contributed by atoms with Crippen LogP contribution in [0.5, 0.6) is 0 Å². The van der Waals surface area contributed by atoms with Crippen LogP contribution < -0.4 is 0 Å². The quantitative estimate of drug-likeness (QED) is 0.624. The summed E-state index contributed by atoms with van der Waals surface area (Å²) in [5.74, 6) is 0.663. The fourth-order valence-corrected chi connectivity index (χ4v) is 1.83. The second-order valence-electron chi connectivity index (χ2n) is 3.95. The minimum atomic E-state index is 0.306. The van der Waals surface area contributed by atoms with E-state index in [-0.39, 0.29) is 0 Å². The van der Waals surface area contributed by atoms with Gasteiger partial charge >= 0.3 is 0 Å². The highest BCUT2D eigenvalue weighted by Gasteiger charge is 2.15. The van der Waals surface area contributed by atoms with Crippen LogP contribution in [0.4, 0.5) is 0 Å². The second-order valence-corrected chi connectivity index (χ2v) is 3.95. The van der Waals surface area contributed by atoms with Crippen LogP contribution >= 0.6 is 0 Å². The van der Waals surface area contributed by atoms with Crippen LogP contribution in [0.2, 0.25) is 0 Å². The van der Waals surface area contributed by atoms with Gasteiger partial charge in [0.2, 0.25) is 0 Å². The SMILES string of the molecule is CC/C=C\[C@H](C)C1=CCCCCC1=O. The van der Waals surface area contributed by atoms with Crippen LogP contribution in [0.15, 0.2) is 23.8 Å². The summed E-state index contributed by atoms with van der Waals surface area (Å²) in [5.41, 5.74) is 1.03. The summed E-state index contributed by atoms with van der Waals surface area (Å²) in [6, 6.07) is 0. The maximum absolute atomic E-state index is 11.7. The number of rotatable bonds is 3. The fraction of sp³-hybridized carbons (Fsp3) is 0.615. The fourth-order valence-electron chi connectivity index (χ4n) is 1.83. The summed E-state index contributed by atoms with van der Waals surface area (Å²) in [7, 11) is 0. The van der Waals surface area contributed by atoms with Gasteiger partial charge in [-0.25, -0.2) is 0 Å². The Morgan fingerprint density at radius 1 is 1.50 bits per heavy atom. The van der Waals surface area contributed by atoms with E-state index in [2.05, 4.69) is 32.1 Å². The van der Waals surface area contributed by atoms with Gasteiger partial charge in [0.05, 0.1) is 0 Å². The summed E-state index contributed by atoms with van der Waals surface area (Å²) in [6.07, 6.45) is 11.5. The van der Waals surface area contributed by atoms with E-state index in [1.807, 2.05) is 0 Å². The highest BCUT2D eigenvalue weighted by Crippen LogP contribution is 2.21. The van der Waals surface area contributed by atoms with E-state index in [1.165, 1.54) is 6.42 Å². The molecule has 0 heterocycles. The molecule has 0 aliphatic heterocycles. The molecule has 1 aliphatic rings. The number of allylic oxidation sites excluding steroid dienone is 4. The molecule has 1 aliphatic carbocycles. The van der Waals surface area contributed by atoms with Crippen molar-refractivity contribution >= 4 is 5.78 Å². The van der Waals surface area contributed by atoms with Gasteiger partial charge in [0.15, 0.2) is 5.78 Å². The van der Waals surface area contributed by atoms with Gasteiger partial charge in [-0.2, -0.15) is 0 Å². The lowest BCUT2D eigenvalue weighted by Crippen LogP contribution is -2.07. The Kier molecular flexibility index (Phi) is 4.64. The number of Topliss-reactive ketones (excluding diaryl/α,β-unsaturated/α-hetero) is 1. The summed E-state index contributed by atoms with van der Waals surface area (Å²) >= 11 is 0. The first-order valence-corrected chi connectivity index (χ1v) is 5.65. The number of hydrogen-bond donors (Lipinski definition) is 0. The lowest BCUT2D eigenvalue weighted by atomic mass is 9.95. The predicted molar refractivity (Wildman–Crippen MR) is 60.2 cm³/mol. The van der Waals surface area contributed by atoms with E-state index in [9.17, 15) is 4.79 Å². The first-order valence-electron chi connectivity index (χ1n) is 5.65. The molecule has 0 aromatic rings. The number of carbonyl (C=O) groups is 1. The van der Waals surface area contributed by atoms with Crippen LogP contribution in [0, 0.1) is 5.92 Å². The molecule has 1 nitrogen and oxygen atoms in total. The normalized spacial score (nSPS) is 20.7. The van der Waals surface area contributed by atoms with Gasteiger partial charge in [-0.3, -0.25) is 4.79 Å². The molecule has 0 saturated heterocycles. The minimum Gasteiger partial charge on any atom is -0.295 e. The van der Waals surface area contributed by atoms with Gasteiger partial charge in [-0.15, -0.1) is 0 Å². The first-order chi connectivity index (χ1) is 6.75. The van der Waals surface area contributed by atoms with Crippen molar-refractivity contribution in [1.29, 1.82) is 0 Å². The zero-order valence-corrected chi connectivity index (χ0v) is 9.25. The molecule has 1 rings (SSSR count). The highest BCUT2D eigenvalue weighted by molar-refractivity contribution is 5.96. The van der Waals surface area contributed by atoms with E-state index < -0.39 is 0 Å². The van der Waals surface area contributed by atoms with Gasteiger partial charge in [0.25, 0.3) is 0 Å². The molecular weight excluding hydrogens is 172 g/mol. The van der Waals surface area contributed by atoms with Crippen molar-refractivity contribution in [1.82, 2.24) is 0 Å². The minimum absolute atomic E-state index is 0.306. The van der Waals surface area contributed by atoms with Crippen molar-refractivity contribution < 1.29 is 4.79 Å². The number of hydrogen-bond acceptors (Lipinski definition) is 1. The smallest absolute Gasteiger partial charge is 0.159 e. The van der Waals surface area contributed by atoms with Gasteiger partial charge < -0.3 is 0 Å². The maximum Gasteiger partial charge on any atom is 0.159 e. The van der Waals surface area contributed by atoms with Crippen molar-refractivity contribution in [3.63, 3.8) is 0 Å². The molecule has 0 fully saturated rings. The van der Waals surface area contributed by atoms with Gasteiger partial charge in [0.1, 0.15) is 0 Å². The molecule has 0 N–H and O–H groups in total. The molecule has 1 atom stereocenters. The zero-order chi connectivity index (χ0) is 10.4. The first kappa shape index (κ1) is 11.2.